The van der Waals surface area contributed by atoms with Crippen molar-refractivity contribution in [3.05, 3.63) is 59.1 Å². The van der Waals surface area contributed by atoms with Gasteiger partial charge in [-0.1, -0.05) is 0 Å². The Kier molecular flexibility index (Phi) is 4.30. The van der Waals surface area contributed by atoms with Crippen LogP contribution in [-0.2, 0) is 13.0 Å². The molecule has 30 heavy (non-hydrogen) atoms. The first kappa shape index (κ1) is 18.4. The minimum Gasteiger partial charge on any atom is -0.481 e. The Morgan fingerprint density at radius 2 is 1.97 bits per heavy atom. The molecule has 9 heteroatoms. The van der Waals surface area contributed by atoms with Gasteiger partial charge in [0.1, 0.15) is 12.1 Å². The van der Waals surface area contributed by atoms with Crippen LogP contribution in [0.5, 0.6) is 5.88 Å². The molecule has 0 fully saturated rings. The van der Waals surface area contributed by atoms with Crippen LogP contribution in [0.15, 0.2) is 30.9 Å². The van der Waals surface area contributed by atoms with E-state index in [0.29, 0.717) is 18.0 Å². The summed E-state index contributed by atoms with van der Waals surface area (Å²) in [5.74, 6) is 0.862. The molecule has 0 aromatic carbocycles. The van der Waals surface area contributed by atoms with E-state index in [0.717, 1.165) is 58.6 Å². The van der Waals surface area contributed by atoms with Gasteiger partial charge in [-0.3, -0.25) is 4.98 Å². The minimum atomic E-state index is -0.414. The summed E-state index contributed by atoms with van der Waals surface area (Å²) in [6.45, 7) is 5.55. The Bertz CT molecular complexity index is 1270. The first-order valence-corrected chi connectivity index (χ1v) is 9.65. The second kappa shape index (κ2) is 7.01. The number of hydrogen-bond donors (Lipinski definition) is 0. The number of pyridine rings is 2. The van der Waals surface area contributed by atoms with Gasteiger partial charge in [0.25, 0.3) is 0 Å². The Morgan fingerprint density at radius 3 is 2.80 bits per heavy atom. The molecule has 0 unspecified atom stereocenters. The molecular weight excluding hydrogens is 385 g/mol. The van der Waals surface area contributed by atoms with Gasteiger partial charge in [-0.2, -0.15) is 4.52 Å². The number of fused-ring (bicyclic) bond motifs is 2. The molecule has 0 saturated heterocycles. The Labute approximate surface area is 172 Å². The Balaban J connectivity index is 1.54. The van der Waals surface area contributed by atoms with E-state index >= 15 is 0 Å². The van der Waals surface area contributed by atoms with E-state index < -0.39 is 5.82 Å². The van der Waals surface area contributed by atoms with Crippen LogP contribution >= 0.6 is 0 Å². The lowest BCUT2D eigenvalue weighted by molar-refractivity contribution is 0.397. The predicted molar refractivity (Wildman–Crippen MR) is 109 cm³/mol. The second-order valence-corrected chi connectivity index (χ2v) is 7.38. The van der Waals surface area contributed by atoms with Gasteiger partial charge in [0.2, 0.25) is 5.88 Å². The zero-order valence-electron chi connectivity index (χ0n) is 16.9. The van der Waals surface area contributed by atoms with E-state index in [9.17, 15) is 4.39 Å². The number of nitrogens with zero attached hydrogens (tertiary/aromatic N) is 7. The van der Waals surface area contributed by atoms with Crippen LogP contribution in [0.2, 0.25) is 0 Å². The largest absolute Gasteiger partial charge is 0.481 e. The van der Waals surface area contributed by atoms with E-state index in [4.69, 9.17) is 9.84 Å². The summed E-state index contributed by atoms with van der Waals surface area (Å²) in [6.07, 6.45) is 5.32. The van der Waals surface area contributed by atoms with Crippen molar-refractivity contribution in [2.45, 2.75) is 26.8 Å². The highest BCUT2D eigenvalue weighted by atomic mass is 19.1. The molecule has 5 rings (SSSR count). The highest BCUT2D eigenvalue weighted by Gasteiger charge is 2.23. The highest BCUT2D eigenvalue weighted by molar-refractivity contribution is 5.69. The van der Waals surface area contributed by atoms with Gasteiger partial charge >= 0.3 is 0 Å². The molecule has 0 bridgehead atoms. The van der Waals surface area contributed by atoms with Crippen molar-refractivity contribution >= 4 is 11.5 Å². The molecular formula is C21H20FN7O. The summed E-state index contributed by atoms with van der Waals surface area (Å²) >= 11 is 0. The lowest BCUT2D eigenvalue weighted by Crippen LogP contribution is -2.32. The molecule has 0 radical (unpaired) electrons. The van der Waals surface area contributed by atoms with E-state index in [-0.39, 0.29) is 0 Å². The summed E-state index contributed by atoms with van der Waals surface area (Å²) in [5, 5.41) is 12.8. The van der Waals surface area contributed by atoms with Gasteiger partial charge in [0.15, 0.2) is 11.5 Å². The maximum atomic E-state index is 13.8. The van der Waals surface area contributed by atoms with Gasteiger partial charge in [-0.15, -0.1) is 15.3 Å². The van der Waals surface area contributed by atoms with Gasteiger partial charge < -0.3 is 9.64 Å². The van der Waals surface area contributed by atoms with Gasteiger partial charge in [0.05, 0.1) is 13.3 Å². The molecule has 1 aliphatic heterocycles. The molecule has 0 spiro atoms. The number of aromatic nitrogens is 6. The third kappa shape index (κ3) is 2.94. The Hall–Kier alpha value is -3.62. The summed E-state index contributed by atoms with van der Waals surface area (Å²) < 4.78 is 20.8. The number of aryl methyl sites for hydroxylation is 1. The number of anilines is 1. The van der Waals surface area contributed by atoms with E-state index in [2.05, 4.69) is 32.0 Å². The third-order valence-electron chi connectivity index (χ3n) is 5.63. The SMILES string of the molecule is COc1ncc(F)cc1-c1cnc2c(c1)CN(c1nn3cnnc3c(C)c1C)CC2. The third-order valence-corrected chi connectivity index (χ3v) is 5.63. The lowest BCUT2D eigenvalue weighted by Gasteiger charge is -2.30. The fourth-order valence-electron chi connectivity index (χ4n) is 3.91. The van der Waals surface area contributed by atoms with Crippen molar-refractivity contribution in [1.29, 1.82) is 0 Å². The van der Waals surface area contributed by atoms with Gasteiger partial charge in [-0.25, -0.2) is 9.37 Å². The number of methoxy groups -OCH3 is 1. The molecule has 5 heterocycles. The summed E-state index contributed by atoms with van der Waals surface area (Å²) in [4.78, 5) is 10.9. The molecule has 0 N–H and O–H groups in total. The van der Waals surface area contributed by atoms with Crippen molar-refractivity contribution in [3.8, 4) is 17.0 Å². The van der Waals surface area contributed by atoms with Crippen LogP contribution in [0, 0.1) is 19.7 Å². The molecule has 4 aromatic rings. The molecule has 8 nitrogen and oxygen atoms in total. The average molecular weight is 405 g/mol. The summed E-state index contributed by atoms with van der Waals surface area (Å²) in [7, 11) is 1.52. The highest BCUT2D eigenvalue weighted by Crippen LogP contribution is 2.32. The molecule has 0 aliphatic carbocycles. The van der Waals surface area contributed by atoms with E-state index in [1.54, 1.807) is 17.0 Å². The molecule has 152 valence electrons. The first-order chi connectivity index (χ1) is 14.5. The number of rotatable bonds is 3. The fraction of sp³-hybridized carbons (Fsp3) is 0.286. The smallest absolute Gasteiger partial charge is 0.221 e. The van der Waals surface area contributed by atoms with Crippen LogP contribution in [0.4, 0.5) is 10.2 Å². The molecule has 1 aliphatic rings. The molecule has 0 atom stereocenters. The predicted octanol–water partition coefficient (Wildman–Crippen LogP) is 2.91. The minimum absolute atomic E-state index is 0.372. The van der Waals surface area contributed by atoms with Crippen LogP contribution in [0.25, 0.3) is 16.8 Å². The maximum absolute atomic E-state index is 13.8. The average Bonchev–Trinajstić information content (AvgIpc) is 3.24. The van der Waals surface area contributed by atoms with Crippen LogP contribution in [-0.4, -0.2) is 43.4 Å². The fourth-order valence-corrected chi connectivity index (χ4v) is 3.91. The first-order valence-electron chi connectivity index (χ1n) is 9.65. The zero-order valence-corrected chi connectivity index (χ0v) is 16.9. The number of ether oxygens (including phenoxy) is 1. The topological polar surface area (TPSA) is 81.3 Å². The second-order valence-electron chi connectivity index (χ2n) is 7.38. The van der Waals surface area contributed by atoms with Crippen molar-refractivity contribution in [2.24, 2.45) is 0 Å². The number of hydrogen-bond acceptors (Lipinski definition) is 7. The van der Waals surface area contributed by atoms with Crippen molar-refractivity contribution in [2.75, 3.05) is 18.6 Å². The van der Waals surface area contributed by atoms with Crippen molar-refractivity contribution < 1.29 is 9.13 Å². The number of halogens is 1. The van der Waals surface area contributed by atoms with Crippen molar-refractivity contribution in [1.82, 2.24) is 29.8 Å². The van der Waals surface area contributed by atoms with E-state index in [1.807, 2.05) is 13.0 Å². The van der Waals surface area contributed by atoms with Gasteiger partial charge in [-0.05, 0) is 31.5 Å². The lowest BCUT2D eigenvalue weighted by atomic mass is 10.00. The summed E-state index contributed by atoms with van der Waals surface area (Å²) in [5.41, 5.74) is 6.38. The Morgan fingerprint density at radius 1 is 1.10 bits per heavy atom. The normalized spacial score (nSPS) is 13.5. The van der Waals surface area contributed by atoms with Crippen LogP contribution in [0.3, 0.4) is 0 Å². The standard InChI is InChI=1S/C21H20FN7O/c1-12-13(2)20(27-29-11-25-26-19(12)29)28-5-4-18-15(10-28)6-14(8-23-18)17-7-16(22)9-24-21(17)30-3/h6-9,11H,4-5,10H2,1-3H3. The molecule has 4 aromatic heterocycles. The van der Waals surface area contributed by atoms with Crippen LogP contribution in [0.1, 0.15) is 22.4 Å². The van der Waals surface area contributed by atoms with Crippen LogP contribution < -0.4 is 9.64 Å². The monoisotopic (exact) mass is 405 g/mol. The molecule has 0 saturated carbocycles. The van der Waals surface area contributed by atoms with Gasteiger partial charge in [0, 0.05) is 53.7 Å². The maximum Gasteiger partial charge on any atom is 0.221 e. The zero-order chi connectivity index (χ0) is 20.8. The molecule has 0 amide bonds. The van der Waals surface area contributed by atoms with E-state index in [1.165, 1.54) is 13.2 Å². The quantitative estimate of drug-likeness (QED) is 0.518. The summed E-state index contributed by atoms with van der Waals surface area (Å²) in [6, 6.07) is 3.46. The van der Waals surface area contributed by atoms with Crippen molar-refractivity contribution in [3.63, 3.8) is 0 Å².